The molecule has 0 aliphatic rings. The van der Waals surface area contributed by atoms with Crippen LogP contribution in [-0.2, 0) is 11.2 Å². The Hall–Kier alpha value is -2.29. The molecule has 0 amide bonds. The molecule has 1 unspecified atom stereocenters. The van der Waals surface area contributed by atoms with Crippen LogP contribution in [0.15, 0.2) is 48.5 Å². The van der Waals surface area contributed by atoms with Crippen molar-refractivity contribution >= 4 is 5.97 Å². The Bertz CT molecular complexity index is 617. The number of carboxylic acid groups (broad SMARTS) is 1. The molecule has 2 rings (SSSR count). The first-order chi connectivity index (χ1) is 10.6. The fraction of sp³-hybridized carbons (Fsp3) is 0.316. The number of benzene rings is 2. The van der Waals surface area contributed by atoms with Gasteiger partial charge in [0.1, 0.15) is 5.75 Å². The summed E-state index contributed by atoms with van der Waals surface area (Å²) in [6, 6.07) is 15.4. The molecule has 116 valence electrons. The predicted molar refractivity (Wildman–Crippen MR) is 87.5 cm³/mol. The van der Waals surface area contributed by atoms with Crippen molar-refractivity contribution < 1.29 is 14.6 Å². The monoisotopic (exact) mass is 298 g/mol. The molecule has 2 aromatic rings. The average molecular weight is 298 g/mol. The number of aryl methyl sites for hydroxylation is 1. The van der Waals surface area contributed by atoms with Crippen molar-refractivity contribution in [2.75, 3.05) is 6.61 Å². The summed E-state index contributed by atoms with van der Waals surface area (Å²) in [6.07, 6.45) is 1.41. The van der Waals surface area contributed by atoms with Gasteiger partial charge in [0.25, 0.3) is 0 Å². The fourth-order valence-corrected chi connectivity index (χ4v) is 2.36. The summed E-state index contributed by atoms with van der Waals surface area (Å²) in [7, 11) is 0. The quantitative estimate of drug-likeness (QED) is 0.833. The van der Waals surface area contributed by atoms with Gasteiger partial charge in [0.05, 0.1) is 12.5 Å². The smallest absolute Gasteiger partial charge is 0.311 e. The van der Waals surface area contributed by atoms with Gasteiger partial charge in [-0.15, -0.1) is 0 Å². The summed E-state index contributed by atoms with van der Waals surface area (Å²) in [4.78, 5) is 11.6. The molecule has 0 aliphatic heterocycles. The standard InChI is InChI=1S/C19H22O3/c1-3-11-22-17-6-4-5-15(12-17)13-18(19(20)21)16-9-7-14(2)8-10-16/h4-10,12,18H,3,11,13H2,1-2H3,(H,20,21). The van der Waals surface area contributed by atoms with E-state index in [0.717, 1.165) is 28.9 Å². The molecule has 0 heterocycles. The van der Waals surface area contributed by atoms with Crippen LogP contribution in [-0.4, -0.2) is 17.7 Å². The Kier molecular flexibility index (Phi) is 5.59. The van der Waals surface area contributed by atoms with E-state index < -0.39 is 11.9 Å². The Morgan fingerprint density at radius 2 is 1.91 bits per heavy atom. The highest BCUT2D eigenvalue weighted by Gasteiger charge is 2.20. The molecule has 3 heteroatoms. The minimum atomic E-state index is -0.802. The lowest BCUT2D eigenvalue weighted by Gasteiger charge is -2.14. The Morgan fingerprint density at radius 3 is 2.55 bits per heavy atom. The van der Waals surface area contributed by atoms with Crippen LogP contribution in [0.1, 0.15) is 36.0 Å². The lowest BCUT2D eigenvalue weighted by Crippen LogP contribution is -2.14. The maximum Gasteiger partial charge on any atom is 0.311 e. The zero-order chi connectivity index (χ0) is 15.9. The van der Waals surface area contributed by atoms with E-state index in [1.807, 2.05) is 55.5 Å². The molecule has 0 aromatic heterocycles. The van der Waals surface area contributed by atoms with Crippen LogP contribution in [0.4, 0.5) is 0 Å². The van der Waals surface area contributed by atoms with Crippen molar-refractivity contribution in [1.29, 1.82) is 0 Å². The molecular weight excluding hydrogens is 276 g/mol. The normalized spacial score (nSPS) is 11.9. The third kappa shape index (κ3) is 4.35. The van der Waals surface area contributed by atoms with Crippen LogP contribution in [0.3, 0.4) is 0 Å². The molecule has 0 spiro atoms. The second-order valence-corrected chi connectivity index (χ2v) is 5.50. The molecule has 22 heavy (non-hydrogen) atoms. The highest BCUT2D eigenvalue weighted by Crippen LogP contribution is 2.24. The summed E-state index contributed by atoms with van der Waals surface area (Å²) >= 11 is 0. The van der Waals surface area contributed by atoms with E-state index in [4.69, 9.17) is 4.74 Å². The average Bonchev–Trinajstić information content (AvgIpc) is 2.52. The predicted octanol–water partition coefficient (Wildman–Crippen LogP) is 4.19. The van der Waals surface area contributed by atoms with Crippen LogP contribution in [0.25, 0.3) is 0 Å². The first-order valence-electron chi connectivity index (χ1n) is 7.61. The van der Waals surface area contributed by atoms with Gasteiger partial charge < -0.3 is 9.84 Å². The van der Waals surface area contributed by atoms with Crippen molar-refractivity contribution in [3.63, 3.8) is 0 Å². The molecule has 0 fully saturated rings. The van der Waals surface area contributed by atoms with Gasteiger partial charge in [-0.3, -0.25) is 4.79 Å². The second kappa shape index (κ2) is 7.64. The number of hydrogen-bond donors (Lipinski definition) is 1. The summed E-state index contributed by atoms with van der Waals surface area (Å²) in [5, 5.41) is 9.54. The summed E-state index contributed by atoms with van der Waals surface area (Å²) < 4.78 is 5.61. The van der Waals surface area contributed by atoms with Crippen molar-refractivity contribution in [2.24, 2.45) is 0 Å². The molecule has 1 N–H and O–H groups in total. The minimum absolute atomic E-state index is 0.460. The number of carboxylic acids is 1. The van der Waals surface area contributed by atoms with Gasteiger partial charge >= 0.3 is 5.97 Å². The summed E-state index contributed by atoms with van der Waals surface area (Å²) in [6.45, 7) is 4.72. The number of aliphatic carboxylic acids is 1. The number of hydrogen-bond acceptors (Lipinski definition) is 2. The zero-order valence-electron chi connectivity index (χ0n) is 13.1. The van der Waals surface area contributed by atoms with Crippen LogP contribution in [0.2, 0.25) is 0 Å². The van der Waals surface area contributed by atoms with Crippen LogP contribution >= 0.6 is 0 Å². The number of ether oxygens (including phenoxy) is 1. The molecule has 0 saturated carbocycles. The number of carbonyl (C=O) groups is 1. The maximum absolute atomic E-state index is 11.6. The van der Waals surface area contributed by atoms with Gasteiger partial charge in [-0.25, -0.2) is 0 Å². The number of rotatable bonds is 7. The van der Waals surface area contributed by atoms with Gasteiger partial charge in [0.2, 0.25) is 0 Å². The lowest BCUT2D eigenvalue weighted by molar-refractivity contribution is -0.138. The SMILES string of the molecule is CCCOc1cccc(CC(C(=O)O)c2ccc(C)cc2)c1. The first-order valence-corrected chi connectivity index (χ1v) is 7.61. The van der Waals surface area contributed by atoms with Gasteiger partial charge in [0.15, 0.2) is 0 Å². The molecule has 0 saturated heterocycles. The van der Waals surface area contributed by atoms with E-state index in [9.17, 15) is 9.90 Å². The Balaban J connectivity index is 2.17. The topological polar surface area (TPSA) is 46.5 Å². The van der Waals surface area contributed by atoms with E-state index in [2.05, 4.69) is 6.92 Å². The molecule has 0 aliphatic carbocycles. The van der Waals surface area contributed by atoms with E-state index in [1.54, 1.807) is 0 Å². The Morgan fingerprint density at radius 1 is 1.18 bits per heavy atom. The van der Waals surface area contributed by atoms with E-state index in [1.165, 1.54) is 0 Å². The molecule has 3 nitrogen and oxygen atoms in total. The van der Waals surface area contributed by atoms with Crippen molar-refractivity contribution in [3.05, 3.63) is 65.2 Å². The van der Waals surface area contributed by atoms with Crippen LogP contribution in [0, 0.1) is 6.92 Å². The van der Waals surface area contributed by atoms with E-state index in [0.29, 0.717) is 13.0 Å². The molecule has 0 radical (unpaired) electrons. The van der Waals surface area contributed by atoms with Crippen molar-refractivity contribution in [1.82, 2.24) is 0 Å². The minimum Gasteiger partial charge on any atom is -0.494 e. The summed E-state index contributed by atoms with van der Waals surface area (Å²) in [5.74, 6) is -0.543. The van der Waals surface area contributed by atoms with E-state index in [-0.39, 0.29) is 0 Å². The van der Waals surface area contributed by atoms with Gasteiger partial charge in [0, 0.05) is 0 Å². The fourth-order valence-electron chi connectivity index (χ4n) is 2.36. The van der Waals surface area contributed by atoms with Crippen LogP contribution < -0.4 is 4.74 Å². The van der Waals surface area contributed by atoms with Crippen LogP contribution in [0.5, 0.6) is 5.75 Å². The highest BCUT2D eigenvalue weighted by molar-refractivity contribution is 5.76. The molecule has 0 bridgehead atoms. The molecular formula is C19H22O3. The Labute approximate surface area is 131 Å². The van der Waals surface area contributed by atoms with Gasteiger partial charge in [-0.2, -0.15) is 0 Å². The first kappa shape index (κ1) is 16.1. The highest BCUT2D eigenvalue weighted by atomic mass is 16.5. The second-order valence-electron chi connectivity index (χ2n) is 5.50. The zero-order valence-corrected chi connectivity index (χ0v) is 13.1. The summed E-state index contributed by atoms with van der Waals surface area (Å²) in [5.41, 5.74) is 2.93. The van der Waals surface area contributed by atoms with Crippen molar-refractivity contribution in [2.45, 2.75) is 32.6 Å². The van der Waals surface area contributed by atoms with Crippen molar-refractivity contribution in [3.8, 4) is 5.75 Å². The molecule has 2 aromatic carbocycles. The van der Waals surface area contributed by atoms with E-state index >= 15 is 0 Å². The molecule has 1 atom stereocenters. The largest absolute Gasteiger partial charge is 0.494 e. The maximum atomic E-state index is 11.6. The lowest BCUT2D eigenvalue weighted by atomic mass is 9.91. The van der Waals surface area contributed by atoms with Gasteiger partial charge in [-0.05, 0) is 43.0 Å². The third-order valence-corrected chi connectivity index (χ3v) is 3.59. The third-order valence-electron chi connectivity index (χ3n) is 3.59. The van der Waals surface area contributed by atoms with Gasteiger partial charge in [-0.1, -0.05) is 48.9 Å².